The molecule has 2 aromatic heterocycles. The van der Waals surface area contributed by atoms with Crippen LogP contribution in [0.3, 0.4) is 0 Å². The van der Waals surface area contributed by atoms with Gasteiger partial charge < -0.3 is 14.8 Å². The zero-order chi connectivity index (χ0) is 13.9. The number of anilines is 2. The number of nitrogens with zero attached hydrogens (tertiary/aromatic N) is 2. The van der Waals surface area contributed by atoms with Gasteiger partial charge in [0.2, 0.25) is 0 Å². The predicted octanol–water partition coefficient (Wildman–Crippen LogP) is 3.87. The van der Waals surface area contributed by atoms with Gasteiger partial charge in [-0.3, -0.25) is 0 Å². The van der Waals surface area contributed by atoms with E-state index in [1.807, 2.05) is 29.6 Å². The van der Waals surface area contributed by atoms with Gasteiger partial charge in [-0.15, -0.1) is 23.7 Å². The van der Waals surface area contributed by atoms with Gasteiger partial charge in [0.1, 0.15) is 6.33 Å². The van der Waals surface area contributed by atoms with E-state index in [0.29, 0.717) is 11.5 Å². The molecule has 0 fully saturated rings. The molecule has 0 aliphatic carbocycles. The molecule has 1 aromatic carbocycles. The van der Waals surface area contributed by atoms with Crippen LogP contribution in [0.5, 0.6) is 11.5 Å². The van der Waals surface area contributed by atoms with Crippen LogP contribution in [0, 0.1) is 0 Å². The summed E-state index contributed by atoms with van der Waals surface area (Å²) in [7, 11) is 3.23. The molecule has 0 aliphatic rings. The highest BCUT2D eigenvalue weighted by Crippen LogP contribution is 2.37. The lowest BCUT2D eigenvalue weighted by molar-refractivity contribution is 0.356. The first-order chi connectivity index (χ1) is 9.83. The van der Waals surface area contributed by atoms with E-state index in [-0.39, 0.29) is 12.4 Å². The molecule has 5 nitrogen and oxygen atoms in total. The number of nitrogens with one attached hydrogen (secondary N) is 1. The van der Waals surface area contributed by atoms with Crippen LogP contribution in [-0.2, 0) is 0 Å². The first-order valence-corrected chi connectivity index (χ1v) is 6.87. The van der Waals surface area contributed by atoms with Gasteiger partial charge in [-0.1, -0.05) is 6.07 Å². The van der Waals surface area contributed by atoms with E-state index in [2.05, 4.69) is 15.3 Å². The molecular formula is C14H14ClN3O2S. The van der Waals surface area contributed by atoms with E-state index >= 15 is 0 Å². The van der Waals surface area contributed by atoms with Gasteiger partial charge in [-0.2, -0.15) is 0 Å². The van der Waals surface area contributed by atoms with Crippen LogP contribution in [0.15, 0.2) is 36.0 Å². The second-order valence-electron chi connectivity index (χ2n) is 4.02. The Morgan fingerprint density at radius 3 is 2.71 bits per heavy atom. The summed E-state index contributed by atoms with van der Waals surface area (Å²) < 4.78 is 11.7. The first-order valence-electron chi connectivity index (χ1n) is 5.99. The van der Waals surface area contributed by atoms with Crippen molar-refractivity contribution < 1.29 is 9.47 Å². The van der Waals surface area contributed by atoms with Crippen LogP contribution in [0.4, 0.5) is 11.5 Å². The first kappa shape index (κ1) is 15.3. The lowest BCUT2D eigenvalue weighted by Gasteiger charge is -2.13. The summed E-state index contributed by atoms with van der Waals surface area (Å²) in [5, 5.41) is 5.27. The van der Waals surface area contributed by atoms with Gasteiger partial charge in [0.05, 0.1) is 30.1 Å². The standard InChI is InChI=1S/C14H13N3O2S.ClH/c1-18-11-5-3-4-9(12(11)19-2)17-14-13-10(6-7-20-13)15-8-16-14;/h3-8H,1-2H3,(H,15,16,17);1H. The fourth-order valence-corrected chi connectivity index (χ4v) is 2.78. The molecule has 3 aromatic rings. The fraction of sp³-hybridized carbons (Fsp3) is 0.143. The highest BCUT2D eigenvalue weighted by atomic mass is 35.5. The second kappa shape index (κ2) is 6.60. The van der Waals surface area contributed by atoms with E-state index in [1.54, 1.807) is 31.9 Å². The molecule has 21 heavy (non-hydrogen) atoms. The molecular weight excluding hydrogens is 310 g/mol. The number of hydrogen-bond acceptors (Lipinski definition) is 6. The summed E-state index contributed by atoms with van der Waals surface area (Å²) in [6, 6.07) is 7.64. The summed E-state index contributed by atoms with van der Waals surface area (Å²) in [6.45, 7) is 0. The normalized spacial score (nSPS) is 10.0. The highest BCUT2D eigenvalue weighted by molar-refractivity contribution is 7.17. The van der Waals surface area contributed by atoms with Crippen molar-refractivity contribution in [3.05, 3.63) is 36.0 Å². The number of hydrogen-bond donors (Lipinski definition) is 1. The predicted molar refractivity (Wildman–Crippen MR) is 87.5 cm³/mol. The van der Waals surface area contributed by atoms with Crippen molar-refractivity contribution in [2.45, 2.75) is 0 Å². The Hall–Kier alpha value is -2.05. The van der Waals surface area contributed by atoms with Crippen LogP contribution in [-0.4, -0.2) is 24.2 Å². The Bertz CT molecular complexity index is 748. The van der Waals surface area contributed by atoms with Crippen molar-refractivity contribution >= 4 is 45.5 Å². The molecule has 3 rings (SSSR count). The lowest BCUT2D eigenvalue weighted by atomic mass is 10.2. The molecule has 110 valence electrons. The molecule has 1 N–H and O–H groups in total. The van der Waals surface area contributed by atoms with Crippen molar-refractivity contribution in [2.24, 2.45) is 0 Å². The zero-order valence-corrected chi connectivity index (χ0v) is 13.1. The summed E-state index contributed by atoms with van der Waals surface area (Å²) in [5.41, 5.74) is 1.73. The number of thiophene rings is 1. The number of fused-ring (bicyclic) bond motifs is 1. The molecule has 0 atom stereocenters. The Kier molecular flexibility index (Phi) is 4.82. The number of para-hydroxylation sites is 1. The molecule has 0 unspecified atom stereocenters. The van der Waals surface area contributed by atoms with Crippen LogP contribution in [0.1, 0.15) is 0 Å². The van der Waals surface area contributed by atoms with E-state index in [1.165, 1.54) is 0 Å². The molecule has 7 heteroatoms. The SMILES string of the molecule is COc1cccc(Nc2ncnc3ccsc23)c1OC.Cl. The van der Waals surface area contributed by atoms with Crippen LogP contribution >= 0.6 is 23.7 Å². The second-order valence-corrected chi connectivity index (χ2v) is 4.94. The molecule has 0 radical (unpaired) electrons. The minimum Gasteiger partial charge on any atom is -0.493 e. The zero-order valence-electron chi connectivity index (χ0n) is 11.5. The third kappa shape index (κ3) is 2.86. The van der Waals surface area contributed by atoms with Crippen molar-refractivity contribution in [2.75, 3.05) is 19.5 Å². The number of rotatable bonds is 4. The number of aromatic nitrogens is 2. The minimum absolute atomic E-state index is 0. The fourth-order valence-electron chi connectivity index (χ4n) is 1.99. The average molecular weight is 324 g/mol. The third-order valence-electron chi connectivity index (χ3n) is 2.90. The molecule has 2 heterocycles. The van der Waals surface area contributed by atoms with Crippen molar-refractivity contribution in [3.63, 3.8) is 0 Å². The number of ether oxygens (including phenoxy) is 2. The summed E-state index contributed by atoms with van der Waals surface area (Å²) in [5.74, 6) is 2.09. The monoisotopic (exact) mass is 323 g/mol. The van der Waals surface area contributed by atoms with E-state index in [0.717, 1.165) is 21.7 Å². The minimum atomic E-state index is 0. The molecule has 0 spiro atoms. The van der Waals surface area contributed by atoms with Gasteiger partial charge in [0, 0.05) is 0 Å². The Balaban J connectivity index is 0.00000161. The van der Waals surface area contributed by atoms with Gasteiger partial charge in [0.15, 0.2) is 17.3 Å². The molecule has 0 aliphatic heterocycles. The van der Waals surface area contributed by atoms with Gasteiger partial charge in [0.25, 0.3) is 0 Å². The van der Waals surface area contributed by atoms with Crippen LogP contribution in [0.25, 0.3) is 10.2 Å². The summed E-state index contributed by atoms with van der Waals surface area (Å²) in [6.07, 6.45) is 1.55. The molecule has 0 bridgehead atoms. The number of halogens is 1. The Morgan fingerprint density at radius 2 is 1.95 bits per heavy atom. The van der Waals surface area contributed by atoms with E-state index in [9.17, 15) is 0 Å². The largest absolute Gasteiger partial charge is 0.493 e. The number of methoxy groups -OCH3 is 2. The molecule has 0 amide bonds. The quantitative estimate of drug-likeness (QED) is 0.789. The topological polar surface area (TPSA) is 56.3 Å². The lowest BCUT2D eigenvalue weighted by Crippen LogP contribution is -1.99. The van der Waals surface area contributed by atoms with Crippen molar-refractivity contribution in [1.82, 2.24) is 9.97 Å². The molecule has 0 saturated heterocycles. The Morgan fingerprint density at radius 1 is 1.10 bits per heavy atom. The third-order valence-corrected chi connectivity index (χ3v) is 3.81. The molecule has 0 saturated carbocycles. The van der Waals surface area contributed by atoms with Crippen molar-refractivity contribution in [3.8, 4) is 11.5 Å². The summed E-state index contributed by atoms with van der Waals surface area (Å²) in [4.78, 5) is 8.52. The Labute approximate surface area is 132 Å². The maximum atomic E-state index is 5.41. The van der Waals surface area contributed by atoms with Crippen LogP contribution < -0.4 is 14.8 Å². The van der Waals surface area contributed by atoms with E-state index < -0.39 is 0 Å². The van der Waals surface area contributed by atoms with Crippen LogP contribution in [0.2, 0.25) is 0 Å². The maximum Gasteiger partial charge on any atom is 0.184 e. The average Bonchev–Trinajstić information content (AvgIpc) is 2.96. The van der Waals surface area contributed by atoms with Gasteiger partial charge >= 0.3 is 0 Å². The van der Waals surface area contributed by atoms with Gasteiger partial charge in [-0.05, 0) is 23.6 Å². The van der Waals surface area contributed by atoms with Gasteiger partial charge in [-0.25, -0.2) is 9.97 Å². The smallest absolute Gasteiger partial charge is 0.184 e. The van der Waals surface area contributed by atoms with Crippen molar-refractivity contribution in [1.29, 1.82) is 0 Å². The summed E-state index contributed by atoms with van der Waals surface area (Å²) >= 11 is 1.60. The highest BCUT2D eigenvalue weighted by Gasteiger charge is 2.12. The number of benzene rings is 1. The van der Waals surface area contributed by atoms with E-state index in [4.69, 9.17) is 9.47 Å². The maximum absolute atomic E-state index is 5.41.